The third-order valence-corrected chi connectivity index (χ3v) is 4.56. The molecule has 2 aromatic heterocycles. The molecule has 2 heterocycles. The van der Waals surface area contributed by atoms with E-state index in [0.29, 0.717) is 12.2 Å². The highest BCUT2D eigenvalue weighted by Gasteiger charge is 2.14. The summed E-state index contributed by atoms with van der Waals surface area (Å²) in [6, 6.07) is 13.7. The normalized spacial score (nSPS) is 11.2. The number of carbonyl (C=O) groups excluding carboxylic acids is 1. The first kappa shape index (κ1) is 17.0. The molecule has 0 unspecified atom stereocenters. The van der Waals surface area contributed by atoms with Crippen molar-refractivity contribution >= 4 is 22.5 Å². The van der Waals surface area contributed by atoms with Crippen molar-refractivity contribution in [3.63, 3.8) is 0 Å². The van der Waals surface area contributed by atoms with E-state index in [9.17, 15) is 9.59 Å². The molecule has 0 saturated carbocycles. The summed E-state index contributed by atoms with van der Waals surface area (Å²) < 4.78 is 2.54. The van der Waals surface area contributed by atoms with E-state index >= 15 is 0 Å². The smallest absolute Gasteiger partial charge is 0.350 e. The predicted molar refractivity (Wildman–Crippen MR) is 103 cm³/mol. The highest BCUT2D eigenvalue weighted by molar-refractivity contribution is 5.92. The van der Waals surface area contributed by atoms with Gasteiger partial charge in [0.1, 0.15) is 12.9 Å². The maximum Gasteiger partial charge on any atom is 0.352 e. The van der Waals surface area contributed by atoms with Gasteiger partial charge in [0.25, 0.3) is 0 Å². The molecule has 7 heteroatoms. The summed E-state index contributed by atoms with van der Waals surface area (Å²) in [6.45, 7) is 4.24. The van der Waals surface area contributed by atoms with Crippen molar-refractivity contribution in [1.82, 2.24) is 24.5 Å². The Kier molecular flexibility index (Phi) is 4.19. The SMILES string of the molecule is Cc1ccc(CNC(=O)Cn2nc3c4cccc(C)c4ncn3c2=O)cc1. The van der Waals surface area contributed by atoms with Gasteiger partial charge in [-0.05, 0) is 31.0 Å². The van der Waals surface area contributed by atoms with Crippen molar-refractivity contribution in [3.05, 3.63) is 76.0 Å². The molecule has 0 fully saturated rings. The van der Waals surface area contributed by atoms with Gasteiger partial charge in [0.2, 0.25) is 5.91 Å². The standard InChI is InChI=1S/C20H19N5O2/c1-13-6-8-15(9-7-13)10-21-17(26)11-25-20(27)24-12-22-18-14(2)4-3-5-16(18)19(24)23-25/h3-9,12H,10-11H2,1-2H3,(H,21,26). The van der Waals surface area contributed by atoms with Crippen LogP contribution < -0.4 is 11.0 Å². The second-order valence-electron chi connectivity index (χ2n) is 6.61. The molecule has 0 atom stereocenters. The number of carbonyl (C=O) groups is 1. The second kappa shape index (κ2) is 6.68. The number of rotatable bonds is 4. The zero-order valence-corrected chi connectivity index (χ0v) is 15.1. The summed E-state index contributed by atoms with van der Waals surface area (Å²) in [5, 5.41) is 7.96. The van der Waals surface area contributed by atoms with Crippen molar-refractivity contribution in [2.45, 2.75) is 26.9 Å². The minimum absolute atomic E-state index is 0.139. The molecule has 0 aliphatic rings. The van der Waals surface area contributed by atoms with Gasteiger partial charge in [0.15, 0.2) is 5.65 Å². The topological polar surface area (TPSA) is 81.3 Å². The minimum atomic E-state index is -0.383. The zero-order chi connectivity index (χ0) is 19.0. The number of benzene rings is 2. The molecule has 7 nitrogen and oxygen atoms in total. The zero-order valence-electron chi connectivity index (χ0n) is 15.1. The van der Waals surface area contributed by atoms with Crippen LogP contribution in [-0.4, -0.2) is 25.1 Å². The summed E-state index contributed by atoms with van der Waals surface area (Å²) in [4.78, 5) is 29.2. The van der Waals surface area contributed by atoms with Crippen LogP contribution in [0.5, 0.6) is 0 Å². The molecule has 0 aliphatic heterocycles. The van der Waals surface area contributed by atoms with Gasteiger partial charge >= 0.3 is 5.69 Å². The van der Waals surface area contributed by atoms with Gasteiger partial charge in [-0.1, -0.05) is 42.0 Å². The largest absolute Gasteiger partial charge is 0.352 e. The number of nitrogens with zero attached hydrogens (tertiary/aromatic N) is 4. The van der Waals surface area contributed by atoms with Crippen molar-refractivity contribution in [1.29, 1.82) is 0 Å². The number of para-hydroxylation sites is 1. The lowest BCUT2D eigenvalue weighted by Gasteiger charge is -2.05. The van der Waals surface area contributed by atoms with Crippen LogP contribution in [0.15, 0.2) is 53.6 Å². The lowest BCUT2D eigenvalue weighted by atomic mass is 10.1. The molecular weight excluding hydrogens is 342 g/mol. The Morgan fingerprint density at radius 2 is 1.89 bits per heavy atom. The van der Waals surface area contributed by atoms with Gasteiger partial charge in [-0.15, -0.1) is 5.10 Å². The predicted octanol–water partition coefficient (Wildman–Crippen LogP) is 1.98. The average molecular weight is 361 g/mol. The summed E-state index contributed by atoms with van der Waals surface area (Å²) >= 11 is 0. The number of fused-ring (bicyclic) bond motifs is 3. The fourth-order valence-corrected chi connectivity index (χ4v) is 3.04. The minimum Gasteiger partial charge on any atom is -0.350 e. The van der Waals surface area contributed by atoms with E-state index in [2.05, 4.69) is 15.4 Å². The van der Waals surface area contributed by atoms with Crippen LogP contribution in [0.4, 0.5) is 0 Å². The molecule has 2 aromatic carbocycles. The lowest BCUT2D eigenvalue weighted by molar-refractivity contribution is -0.122. The Bertz CT molecular complexity index is 1200. The molecule has 136 valence electrons. The van der Waals surface area contributed by atoms with E-state index in [1.807, 2.05) is 56.3 Å². The number of aromatic nitrogens is 4. The van der Waals surface area contributed by atoms with Crippen LogP contribution in [0.3, 0.4) is 0 Å². The molecule has 0 saturated heterocycles. The quantitative estimate of drug-likeness (QED) is 0.603. The first-order valence-corrected chi connectivity index (χ1v) is 8.68. The molecule has 0 bridgehead atoms. The van der Waals surface area contributed by atoms with E-state index in [1.54, 1.807) is 0 Å². The molecule has 4 rings (SSSR count). The molecule has 27 heavy (non-hydrogen) atoms. The van der Waals surface area contributed by atoms with E-state index in [4.69, 9.17) is 0 Å². The summed E-state index contributed by atoms with van der Waals surface area (Å²) in [5.74, 6) is -0.269. The number of hydrogen-bond acceptors (Lipinski definition) is 4. The Morgan fingerprint density at radius 3 is 2.67 bits per heavy atom. The Hall–Kier alpha value is -3.48. The Morgan fingerprint density at radius 1 is 1.11 bits per heavy atom. The van der Waals surface area contributed by atoms with Gasteiger partial charge in [-0.25, -0.2) is 18.9 Å². The van der Waals surface area contributed by atoms with Crippen LogP contribution in [0.2, 0.25) is 0 Å². The maximum atomic E-state index is 12.5. The number of hydrogen-bond donors (Lipinski definition) is 1. The van der Waals surface area contributed by atoms with Crippen LogP contribution in [-0.2, 0) is 17.9 Å². The molecule has 0 aliphatic carbocycles. The van der Waals surface area contributed by atoms with Crippen LogP contribution >= 0.6 is 0 Å². The Labute approximate surface area is 155 Å². The van der Waals surface area contributed by atoms with Gasteiger partial charge in [0, 0.05) is 11.9 Å². The van der Waals surface area contributed by atoms with Crippen LogP contribution in [0, 0.1) is 13.8 Å². The van der Waals surface area contributed by atoms with E-state index < -0.39 is 0 Å². The molecule has 0 spiro atoms. The van der Waals surface area contributed by atoms with E-state index in [0.717, 1.165) is 27.6 Å². The van der Waals surface area contributed by atoms with Crippen molar-refractivity contribution in [2.24, 2.45) is 0 Å². The van der Waals surface area contributed by atoms with Crippen molar-refractivity contribution in [3.8, 4) is 0 Å². The van der Waals surface area contributed by atoms with Crippen LogP contribution in [0.25, 0.3) is 16.6 Å². The first-order valence-electron chi connectivity index (χ1n) is 8.68. The summed E-state index contributed by atoms with van der Waals surface area (Å²) in [6.07, 6.45) is 1.46. The second-order valence-corrected chi connectivity index (χ2v) is 6.61. The third kappa shape index (κ3) is 3.19. The number of amides is 1. The van der Waals surface area contributed by atoms with Crippen molar-refractivity contribution < 1.29 is 4.79 Å². The van der Waals surface area contributed by atoms with Gasteiger partial charge in [-0.2, -0.15) is 0 Å². The average Bonchev–Trinajstić information content (AvgIpc) is 2.98. The number of nitrogens with one attached hydrogen (secondary N) is 1. The van der Waals surface area contributed by atoms with Crippen molar-refractivity contribution in [2.75, 3.05) is 0 Å². The molecule has 4 aromatic rings. The maximum absolute atomic E-state index is 12.5. The fraction of sp³-hybridized carbons (Fsp3) is 0.200. The molecule has 1 amide bonds. The lowest BCUT2D eigenvalue weighted by Crippen LogP contribution is -2.32. The fourth-order valence-electron chi connectivity index (χ4n) is 3.04. The van der Waals surface area contributed by atoms with Crippen LogP contribution in [0.1, 0.15) is 16.7 Å². The first-order chi connectivity index (χ1) is 13.0. The molecule has 1 N–H and O–H groups in total. The van der Waals surface area contributed by atoms with Gasteiger partial charge in [-0.3, -0.25) is 4.79 Å². The Balaban J connectivity index is 1.58. The molecule has 0 radical (unpaired) electrons. The van der Waals surface area contributed by atoms with Gasteiger partial charge in [0.05, 0.1) is 5.52 Å². The van der Waals surface area contributed by atoms with Gasteiger partial charge < -0.3 is 5.32 Å². The summed E-state index contributed by atoms with van der Waals surface area (Å²) in [7, 11) is 0. The molecular formula is C20H19N5O2. The van der Waals surface area contributed by atoms with E-state index in [1.165, 1.54) is 15.4 Å². The highest BCUT2D eigenvalue weighted by atomic mass is 16.2. The highest BCUT2D eigenvalue weighted by Crippen LogP contribution is 2.18. The third-order valence-electron chi connectivity index (χ3n) is 4.56. The monoisotopic (exact) mass is 361 g/mol. The summed E-state index contributed by atoms with van der Waals surface area (Å²) in [5.41, 5.74) is 4.09. The number of aryl methyl sites for hydroxylation is 2. The van der Waals surface area contributed by atoms with E-state index in [-0.39, 0.29) is 18.1 Å².